The van der Waals surface area contributed by atoms with Gasteiger partial charge in [0.2, 0.25) is 0 Å². The highest BCUT2D eigenvalue weighted by Crippen LogP contribution is 2.38. The molecular weight excluding hydrogens is 430 g/mol. The van der Waals surface area contributed by atoms with Crippen LogP contribution >= 0.6 is 11.6 Å². The molecule has 4 rings (SSSR count). The smallest absolute Gasteiger partial charge is 0.282 e. The Bertz CT molecular complexity index is 1060. The zero-order valence-corrected chi connectivity index (χ0v) is 19.2. The fourth-order valence-electron chi connectivity index (χ4n) is 4.18. The predicted molar refractivity (Wildman–Crippen MR) is 124 cm³/mol. The second kappa shape index (κ2) is 9.22. The highest BCUT2D eigenvalue weighted by Gasteiger charge is 2.43. The van der Waals surface area contributed by atoms with Crippen molar-refractivity contribution >= 4 is 34.7 Å². The van der Waals surface area contributed by atoms with Gasteiger partial charge in [0.05, 0.1) is 25.5 Å². The molecule has 0 aliphatic carbocycles. The number of hydrogen-bond donors (Lipinski definition) is 0. The molecule has 0 radical (unpaired) electrons. The Balaban J connectivity index is 1.80. The van der Waals surface area contributed by atoms with Gasteiger partial charge >= 0.3 is 0 Å². The maximum Gasteiger partial charge on any atom is 0.282 e. The molecule has 168 valence electrons. The summed E-state index contributed by atoms with van der Waals surface area (Å²) in [4.78, 5) is 32.8. The molecule has 0 aromatic heterocycles. The Hall–Kier alpha value is -3.03. The second-order valence-electron chi connectivity index (χ2n) is 7.64. The number of amides is 2. The summed E-state index contributed by atoms with van der Waals surface area (Å²) >= 11 is 6.02. The lowest BCUT2D eigenvalue weighted by molar-refractivity contribution is -0.120. The van der Waals surface area contributed by atoms with Gasteiger partial charge in [-0.25, -0.2) is 4.90 Å². The SMILES string of the molecule is CCN1CCN(C2=C(c3ccc(OC)c(OC)c3)C(=O)N(c3ccc(Cl)cc3)C2=O)CC1. The molecule has 1 saturated heterocycles. The number of rotatable bonds is 6. The summed E-state index contributed by atoms with van der Waals surface area (Å²) in [6.45, 7) is 6.10. The topological polar surface area (TPSA) is 62.3 Å². The quantitative estimate of drug-likeness (QED) is 0.623. The van der Waals surface area contributed by atoms with Crippen LogP contribution in [0.5, 0.6) is 11.5 Å². The van der Waals surface area contributed by atoms with Crippen molar-refractivity contribution < 1.29 is 19.1 Å². The fraction of sp³-hybridized carbons (Fsp3) is 0.333. The van der Waals surface area contributed by atoms with Crippen molar-refractivity contribution in [3.8, 4) is 11.5 Å². The maximum absolute atomic E-state index is 13.6. The monoisotopic (exact) mass is 455 g/mol. The van der Waals surface area contributed by atoms with E-state index in [1.54, 1.807) is 56.7 Å². The van der Waals surface area contributed by atoms with E-state index in [1.165, 1.54) is 4.90 Å². The van der Waals surface area contributed by atoms with Crippen molar-refractivity contribution in [2.45, 2.75) is 6.92 Å². The number of halogens is 1. The van der Waals surface area contributed by atoms with Crippen molar-refractivity contribution in [3.63, 3.8) is 0 Å². The number of carbonyl (C=O) groups is 2. The van der Waals surface area contributed by atoms with Crippen molar-refractivity contribution in [2.75, 3.05) is 51.8 Å². The first-order valence-electron chi connectivity index (χ1n) is 10.6. The summed E-state index contributed by atoms with van der Waals surface area (Å²) in [6.07, 6.45) is 0. The third-order valence-corrected chi connectivity index (χ3v) is 6.20. The Morgan fingerprint density at radius 3 is 2.12 bits per heavy atom. The highest BCUT2D eigenvalue weighted by molar-refractivity contribution is 6.45. The minimum atomic E-state index is -0.363. The van der Waals surface area contributed by atoms with Gasteiger partial charge in [0, 0.05) is 31.2 Å². The summed E-state index contributed by atoms with van der Waals surface area (Å²) in [5, 5.41) is 0.539. The van der Waals surface area contributed by atoms with Crippen LogP contribution in [0.15, 0.2) is 48.2 Å². The van der Waals surface area contributed by atoms with Crippen LogP contribution in [0.2, 0.25) is 5.02 Å². The molecule has 1 fully saturated rings. The van der Waals surface area contributed by atoms with E-state index in [2.05, 4.69) is 11.8 Å². The lowest BCUT2D eigenvalue weighted by Crippen LogP contribution is -2.47. The van der Waals surface area contributed by atoms with Crippen molar-refractivity contribution in [3.05, 3.63) is 58.7 Å². The summed E-state index contributed by atoms with van der Waals surface area (Å²) < 4.78 is 10.8. The molecule has 2 aromatic carbocycles. The molecule has 2 aliphatic heterocycles. The van der Waals surface area contributed by atoms with Gasteiger partial charge in [0.15, 0.2) is 11.5 Å². The number of piperazine rings is 1. The molecule has 2 amide bonds. The Kier molecular flexibility index (Phi) is 6.39. The molecular formula is C24H26ClN3O4. The third kappa shape index (κ3) is 3.94. The molecule has 8 heteroatoms. The van der Waals surface area contributed by atoms with E-state index in [0.29, 0.717) is 52.1 Å². The number of anilines is 1. The zero-order valence-electron chi connectivity index (χ0n) is 18.4. The van der Waals surface area contributed by atoms with Crippen LogP contribution in [0.25, 0.3) is 5.57 Å². The van der Waals surface area contributed by atoms with Crippen LogP contribution in [-0.2, 0) is 9.59 Å². The van der Waals surface area contributed by atoms with Crippen LogP contribution in [0, 0.1) is 0 Å². The first-order valence-corrected chi connectivity index (χ1v) is 10.9. The number of likely N-dealkylation sites (N-methyl/N-ethyl adjacent to an activating group) is 1. The van der Waals surface area contributed by atoms with E-state index in [9.17, 15) is 9.59 Å². The first kappa shape index (κ1) is 22.2. The largest absolute Gasteiger partial charge is 0.493 e. The van der Waals surface area contributed by atoms with Gasteiger partial charge < -0.3 is 19.3 Å². The van der Waals surface area contributed by atoms with Crippen molar-refractivity contribution in [2.24, 2.45) is 0 Å². The molecule has 0 N–H and O–H groups in total. The van der Waals surface area contributed by atoms with Gasteiger partial charge in [0.1, 0.15) is 5.70 Å². The summed E-state index contributed by atoms with van der Waals surface area (Å²) in [7, 11) is 3.10. The molecule has 0 bridgehead atoms. The Morgan fingerprint density at radius 1 is 0.875 bits per heavy atom. The van der Waals surface area contributed by atoms with E-state index in [1.807, 2.05) is 4.90 Å². The Labute approximate surface area is 192 Å². The number of benzene rings is 2. The zero-order chi connectivity index (χ0) is 22.8. The minimum Gasteiger partial charge on any atom is -0.493 e. The minimum absolute atomic E-state index is 0.327. The Morgan fingerprint density at radius 2 is 1.53 bits per heavy atom. The van der Waals surface area contributed by atoms with Crippen molar-refractivity contribution in [1.29, 1.82) is 0 Å². The van der Waals surface area contributed by atoms with Gasteiger partial charge in [-0.15, -0.1) is 0 Å². The van der Waals surface area contributed by atoms with E-state index in [4.69, 9.17) is 21.1 Å². The molecule has 0 atom stereocenters. The average Bonchev–Trinajstić information content (AvgIpc) is 3.09. The van der Waals surface area contributed by atoms with Gasteiger partial charge in [-0.05, 0) is 48.5 Å². The summed E-state index contributed by atoms with van der Waals surface area (Å²) in [6, 6.07) is 12.0. The van der Waals surface area contributed by atoms with Crippen LogP contribution in [0.3, 0.4) is 0 Å². The standard InChI is InChI=1S/C24H26ClN3O4/c1-4-26-11-13-27(14-12-26)22-21(16-5-10-19(31-2)20(15-16)32-3)23(29)28(24(22)30)18-8-6-17(25)7-9-18/h5-10,15H,4,11-14H2,1-3H3. The molecule has 2 aliphatic rings. The van der Waals surface area contributed by atoms with Crippen LogP contribution in [0.4, 0.5) is 5.69 Å². The lowest BCUT2D eigenvalue weighted by Gasteiger charge is -2.36. The predicted octanol–water partition coefficient (Wildman–Crippen LogP) is 3.28. The number of nitrogens with zero attached hydrogens (tertiary/aromatic N) is 3. The molecule has 7 nitrogen and oxygen atoms in total. The van der Waals surface area contributed by atoms with E-state index in [0.717, 1.165) is 19.6 Å². The lowest BCUT2D eigenvalue weighted by atomic mass is 10.0. The highest BCUT2D eigenvalue weighted by atomic mass is 35.5. The van der Waals surface area contributed by atoms with Crippen LogP contribution in [0.1, 0.15) is 12.5 Å². The molecule has 0 saturated carbocycles. The van der Waals surface area contributed by atoms with E-state index in [-0.39, 0.29) is 11.8 Å². The van der Waals surface area contributed by atoms with Gasteiger partial charge in [-0.2, -0.15) is 0 Å². The number of hydrogen-bond acceptors (Lipinski definition) is 6. The number of methoxy groups -OCH3 is 2. The first-order chi connectivity index (χ1) is 15.5. The molecule has 0 spiro atoms. The normalized spacial score (nSPS) is 17.4. The fourth-order valence-corrected chi connectivity index (χ4v) is 4.30. The summed E-state index contributed by atoms with van der Waals surface area (Å²) in [5.74, 6) is 0.364. The molecule has 0 unspecified atom stereocenters. The average molecular weight is 456 g/mol. The van der Waals surface area contributed by atoms with Crippen molar-refractivity contribution in [1.82, 2.24) is 9.80 Å². The number of ether oxygens (including phenoxy) is 2. The van der Waals surface area contributed by atoms with Gasteiger partial charge in [0.25, 0.3) is 11.8 Å². The van der Waals surface area contributed by atoms with Crippen LogP contribution in [-0.4, -0.2) is 68.6 Å². The molecule has 2 heterocycles. The van der Waals surface area contributed by atoms with Gasteiger partial charge in [-0.1, -0.05) is 24.6 Å². The second-order valence-corrected chi connectivity index (χ2v) is 8.07. The number of imide groups is 1. The van der Waals surface area contributed by atoms with E-state index >= 15 is 0 Å². The van der Waals surface area contributed by atoms with Gasteiger partial charge in [-0.3, -0.25) is 9.59 Å². The molecule has 2 aromatic rings. The third-order valence-electron chi connectivity index (χ3n) is 5.95. The van der Waals surface area contributed by atoms with Crippen LogP contribution < -0.4 is 14.4 Å². The number of carbonyl (C=O) groups excluding carboxylic acids is 2. The maximum atomic E-state index is 13.6. The van der Waals surface area contributed by atoms with E-state index < -0.39 is 0 Å². The molecule has 32 heavy (non-hydrogen) atoms. The summed E-state index contributed by atoms with van der Waals surface area (Å²) in [5.41, 5.74) is 1.90.